The predicted molar refractivity (Wildman–Crippen MR) is 135 cm³/mol. The summed E-state index contributed by atoms with van der Waals surface area (Å²) in [6.45, 7) is 7.28. The molecule has 6 heteroatoms. The molecule has 160 valence electrons. The second-order valence-corrected chi connectivity index (χ2v) is 7.61. The first-order valence-electron chi connectivity index (χ1n) is 10.4. The number of hydrogen-bond acceptors (Lipinski definition) is 3. The molecule has 2 aromatic carbocycles. The Hall–Kier alpha value is -2.06. The number of anilines is 1. The van der Waals surface area contributed by atoms with Crippen molar-refractivity contribution in [2.45, 2.75) is 19.6 Å². The van der Waals surface area contributed by atoms with Crippen LogP contribution in [-0.4, -0.2) is 50.7 Å². The van der Waals surface area contributed by atoms with Gasteiger partial charge in [-0.15, -0.1) is 24.0 Å². The van der Waals surface area contributed by atoms with E-state index in [0.29, 0.717) is 6.61 Å². The fourth-order valence-corrected chi connectivity index (χ4v) is 4.00. The minimum atomic E-state index is 0. The Bertz CT molecular complexity index is 873. The van der Waals surface area contributed by atoms with Crippen LogP contribution < -0.4 is 10.2 Å². The number of guanidine groups is 1. The molecular weight excluding hydrogens is 487 g/mol. The first-order valence-corrected chi connectivity index (χ1v) is 10.4. The van der Waals surface area contributed by atoms with Crippen molar-refractivity contribution in [3.8, 4) is 0 Å². The summed E-state index contributed by atoms with van der Waals surface area (Å²) in [5.74, 6) is 0.930. The largest absolute Gasteiger partial charge is 0.370 e. The molecule has 0 radical (unpaired) electrons. The lowest BCUT2D eigenvalue weighted by molar-refractivity contribution is -0.00833. The molecule has 0 aromatic heterocycles. The number of aryl methyl sites for hydroxylation is 1. The van der Waals surface area contributed by atoms with E-state index < -0.39 is 0 Å². The standard InChI is InChI=1S/C24H30N4O.HI/c1-19-7-3-4-8-22(19)23-18-28(15-16-29-23)24(25-2)26-17-20-9-11-21(12-10-20)27-13-5-6-14-27;/h3-12,23H,13-18H2,1-2H3,(H,25,26);1H. The maximum Gasteiger partial charge on any atom is 0.194 e. The Morgan fingerprint density at radius 2 is 1.83 bits per heavy atom. The van der Waals surface area contributed by atoms with E-state index in [2.05, 4.69) is 87.7 Å². The molecule has 1 N–H and O–H groups in total. The van der Waals surface area contributed by atoms with Crippen LogP contribution in [0.2, 0.25) is 0 Å². The summed E-state index contributed by atoms with van der Waals surface area (Å²) in [5.41, 5.74) is 5.07. The lowest BCUT2D eigenvalue weighted by Gasteiger charge is -2.35. The SMILES string of the molecule is CN=C(NCc1ccc(N2CC=CC2)cc1)N1CCOC(c2ccccc2C)C1.I. The van der Waals surface area contributed by atoms with Gasteiger partial charge < -0.3 is 19.9 Å². The van der Waals surface area contributed by atoms with Crippen molar-refractivity contribution in [1.82, 2.24) is 10.2 Å². The Morgan fingerprint density at radius 1 is 1.10 bits per heavy atom. The first-order chi connectivity index (χ1) is 14.2. The molecule has 30 heavy (non-hydrogen) atoms. The minimum Gasteiger partial charge on any atom is -0.370 e. The fourth-order valence-electron chi connectivity index (χ4n) is 4.00. The molecule has 5 nitrogen and oxygen atoms in total. The fraction of sp³-hybridized carbons (Fsp3) is 0.375. The van der Waals surface area contributed by atoms with Gasteiger partial charge in [0.2, 0.25) is 0 Å². The molecular formula is C24H31IN4O. The van der Waals surface area contributed by atoms with Crippen LogP contribution in [0.5, 0.6) is 0 Å². The summed E-state index contributed by atoms with van der Waals surface area (Å²) in [6.07, 6.45) is 4.51. The molecule has 1 atom stereocenters. The van der Waals surface area contributed by atoms with Crippen LogP contribution in [-0.2, 0) is 11.3 Å². The Labute approximate surface area is 196 Å². The van der Waals surface area contributed by atoms with E-state index in [0.717, 1.165) is 38.7 Å². The zero-order chi connectivity index (χ0) is 20.1. The summed E-state index contributed by atoms with van der Waals surface area (Å²) in [6, 6.07) is 17.3. The van der Waals surface area contributed by atoms with Crippen LogP contribution in [0.3, 0.4) is 0 Å². The normalized spacial score (nSPS) is 19.0. The Kier molecular flexibility index (Phi) is 8.16. The van der Waals surface area contributed by atoms with Crippen molar-refractivity contribution in [1.29, 1.82) is 0 Å². The van der Waals surface area contributed by atoms with Crippen LogP contribution >= 0.6 is 24.0 Å². The number of hydrogen-bond donors (Lipinski definition) is 1. The summed E-state index contributed by atoms with van der Waals surface area (Å²) in [7, 11) is 1.85. The van der Waals surface area contributed by atoms with Crippen LogP contribution in [0.1, 0.15) is 22.8 Å². The predicted octanol–water partition coefficient (Wildman–Crippen LogP) is 4.14. The number of aliphatic imine (C=N–C) groups is 1. The van der Waals surface area contributed by atoms with Gasteiger partial charge in [0.05, 0.1) is 13.2 Å². The van der Waals surface area contributed by atoms with Gasteiger partial charge in [0.1, 0.15) is 6.10 Å². The number of nitrogens with zero attached hydrogens (tertiary/aromatic N) is 3. The van der Waals surface area contributed by atoms with E-state index in [-0.39, 0.29) is 30.1 Å². The van der Waals surface area contributed by atoms with Crippen LogP contribution in [0.4, 0.5) is 5.69 Å². The van der Waals surface area contributed by atoms with Crippen molar-refractivity contribution in [3.05, 3.63) is 77.4 Å². The highest BCUT2D eigenvalue weighted by atomic mass is 127. The minimum absolute atomic E-state index is 0. The van der Waals surface area contributed by atoms with E-state index in [4.69, 9.17) is 4.74 Å². The molecule has 2 heterocycles. The topological polar surface area (TPSA) is 40.1 Å². The molecule has 0 amide bonds. The van der Waals surface area contributed by atoms with Crippen molar-refractivity contribution in [2.75, 3.05) is 44.7 Å². The molecule has 1 saturated heterocycles. The van der Waals surface area contributed by atoms with E-state index >= 15 is 0 Å². The molecule has 1 unspecified atom stereocenters. The molecule has 0 spiro atoms. The molecule has 1 fully saturated rings. The van der Waals surface area contributed by atoms with Gasteiger partial charge in [0, 0.05) is 38.9 Å². The molecule has 0 bridgehead atoms. The van der Waals surface area contributed by atoms with E-state index in [1.807, 2.05) is 7.05 Å². The third-order valence-electron chi connectivity index (χ3n) is 5.68. The van der Waals surface area contributed by atoms with Gasteiger partial charge in [-0.1, -0.05) is 48.6 Å². The average molecular weight is 518 g/mol. The van der Waals surface area contributed by atoms with Gasteiger partial charge in [-0.2, -0.15) is 0 Å². The summed E-state index contributed by atoms with van der Waals surface area (Å²) in [5, 5.41) is 3.53. The van der Waals surface area contributed by atoms with Crippen LogP contribution in [0, 0.1) is 6.92 Å². The summed E-state index contributed by atoms with van der Waals surface area (Å²) < 4.78 is 6.06. The summed E-state index contributed by atoms with van der Waals surface area (Å²) >= 11 is 0. The van der Waals surface area contributed by atoms with Crippen LogP contribution in [0.15, 0.2) is 65.7 Å². The number of morpholine rings is 1. The number of halogens is 1. The highest BCUT2D eigenvalue weighted by Crippen LogP contribution is 2.25. The number of ether oxygens (including phenoxy) is 1. The molecule has 0 aliphatic carbocycles. The molecule has 4 rings (SSSR count). The number of benzene rings is 2. The van der Waals surface area contributed by atoms with Gasteiger partial charge >= 0.3 is 0 Å². The van der Waals surface area contributed by atoms with Crippen molar-refractivity contribution >= 4 is 35.6 Å². The van der Waals surface area contributed by atoms with Crippen molar-refractivity contribution < 1.29 is 4.74 Å². The highest BCUT2D eigenvalue weighted by Gasteiger charge is 2.25. The monoisotopic (exact) mass is 518 g/mol. The molecule has 2 aliphatic heterocycles. The number of nitrogens with one attached hydrogen (secondary N) is 1. The van der Waals surface area contributed by atoms with Gasteiger partial charge in [-0.05, 0) is 35.7 Å². The van der Waals surface area contributed by atoms with Crippen molar-refractivity contribution in [3.63, 3.8) is 0 Å². The maximum atomic E-state index is 6.06. The molecule has 2 aliphatic rings. The van der Waals surface area contributed by atoms with Crippen molar-refractivity contribution in [2.24, 2.45) is 4.99 Å². The lowest BCUT2D eigenvalue weighted by atomic mass is 10.0. The maximum absolute atomic E-state index is 6.06. The van der Waals surface area contributed by atoms with E-state index in [1.54, 1.807) is 0 Å². The third kappa shape index (κ3) is 5.35. The smallest absolute Gasteiger partial charge is 0.194 e. The van der Waals surface area contributed by atoms with E-state index in [9.17, 15) is 0 Å². The average Bonchev–Trinajstić information content (AvgIpc) is 3.30. The highest BCUT2D eigenvalue weighted by molar-refractivity contribution is 14.0. The Balaban J connectivity index is 0.00000256. The zero-order valence-corrected chi connectivity index (χ0v) is 20.1. The lowest BCUT2D eigenvalue weighted by Crippen LogP contribution is -2.48. The third-order valence-corrected chi connectivity index (χ3v) is 5.68. The van der Waals surface area contributed by atoms with Gasteiger partial charge in [-0.3, -0.25) is 4.99 Å². The zero-order valence-electron chi connectivity index (χ0n) is 17.8. The first kappa shape index (κ1) is 22.6. The van der Waals surface area contributed by atoms with Gasteiger partial charge in [0.25, 0.3) is 0 Å². The number of rotatable bonds is 4. The second-order valence-electron chi connectivity index (χ2n) is 7.61. The van der Waals surface area contributed by atoms with Crippen LogP contribution in [0.25, 0.3) is 0 Å². The van der Waals surface area contributed by atoms with Gasteiger partial charge in [-0.25, -0.2) is 0 Å². The van der Waals surface area contributed by atoms with E-state index in [1.165, 1.54) is 22.4 Å². The molecule has 0 saturated carbocycles. The van der Waals surface area contributed by atoms with Gasteiger partial charge in [0.15, 0.2) is 5.96 Å². The quantitative estimate of drug-likeness (QED) is 0.286. The Morgan fingerprint density at radius 3 is 2.53 bits per heavy atom. The second kappa shape index (κ2) is 10.8. The summed E-state index contributed by atoms with van der Waals surface area (Å²) in [4.78, 5) is 9.17. The molecule has 2 aromatic rings.